The Kier molecular flexibility index (Phi) is 5.57. The van der Waals surface area contributed by atoms with Crippen LogP contribution in [0.3, 0.4) is 0 Å². The zero-order valence-electron chi connectivity index (χ0n) is 20.0. The van der Waals surface area contributed by atoms with Crippen molar-refractivity contribution in [3.8, 4) is 33.2 Å². The number of pyridine rings is 2. The minimum atomic E-state index is -0.0645. The first-order valence-corrected chi connectivity index (χ1v) is 12.5. The summed E-state index contributed by atoms with van der Waals surface area (Å²) in [6.45, 7) is 3.36. The average Bonchev–Trinajstić information content (AvgIpc) is 3.66. The summed E-state index contributed by atoms with van der Waals surface area (Å²) in [7, 11) is 0. The number of carbonyl (C=O) groups excluding carboxylic acids is 2. The minimum absolute atomic E-state index is 0.0263. The van der Waals surface area contributed by atoms with E-state index in [1.807, 2.05) is 49.4 Å². The number of rotatable bonds is 6. The van der Waals surface area contributed by atoms with Gasteiger partial charge in [-0.1, -0.05) is 13.0 Å². The molecule has 5 heterocycles. The number of imidazole rings is 1. The van der Waals surface area contributed by atoms with Gasteiger partial charge in [-0.15, -0.1) is 11.3 Å². The lowest BCUT2D eigenvalue weighted by molar-refractivity contribution is -0.115. The molecule has 0 fully saturated rings. The van der Waals surface area contributed by atoms with E-state index in [0.29, 0.717) is 34.0 Å². The highest BCUT2D eigenvalue weighted by Gasteiger charge is 2.18. The number of benzene rings is 1. The van der Waals surface area contributed by atoms with Crippen molar-refractivity contribution in [2.45, 2.75) is 20.3 Å². The zero-order chi connectivity index (χ0) is 25.5. The molecule has 6 rings (SSSR count). The lowest BCUT2D eigenvalue weighted by atomic mass is 10.0. The van der Waals surface area contributed by atoms with Crippen LogP contribution in [-0.2, 0) is 4.79 Å². The Morgan fingerprint density at radius 3 is 2.70 bits per heavy atom. The van der Waals surface area contributed by atoms with E-state index in [2.05, 4.69) is 30.5 Å². The number of nitrogens with zero attached hydrogens (tertiary/aromatic N) is 4. The molecule has 5 aromatic heterocycles. The number of H-pyrrole nitrogens is 2. The van der Waals surface area contributed by atoms with Crippen molar-refractivity contribution in [2.75, 3.05) is 5.32 Å². The largest absolute Gasteiger partial charge is 0.336 e. The van der Waals surface area contributed by atoms with E-state index < -0.39 is 0 Å². The number of fused-ring (bicyclic) bond motifs is 2. The number of amides is 1. The van der Waals surface area contributed by atoms with Crippen LogP contribution < -0.4 is 5.32 Å². The number of carbonyl (C=O) groups is 2. The van der Waals surface area contributed by atoms with Crippen LogP contribution in [-0.4, -0.2) is 41.8 Å². The summed E-state index contributed by atoms with van der Waals surface area (Å²) in [5.74, 6) is 0.571. The highest BCUT2D eigenvalue weighted by Crippen LogP contribution is 2.34. The second-order valence-electron chi connectivity index (χ2n) is 8.56. The van der Waals surface area contributed by atoms with Crippen molar-refractivity contribution in [3.63, 3.8) is 0 Å². The predicted octanol–water partition coefficient (Wildman–Crippen LogP) is 5.84. The van der Waals surface area contributed by atoms with Crippen molar-refractivity contribution in [1.29, 1.82) is 0 Å². The summed E-state index contributed by atoms with van der Waals surface area (Å²) in [5, 5.41) is 11.4. The third-order valence-electron chi connectivity index (χ3n) is 6.05. The van der Waals surface area contributed by atoms with E-state index in [4.69, 9.17) is 4.98 Å². The van der Waals surface area contributed by atoms with E-state index in [9.17, 15) is 9.59 Å². The highest BCUT2D eigenvalue weighted by molar-refractivity contribution is 7.17. The number of hydrogen-bond donors (Lipinski definition) is 3. The number of thiophene rings is 1. The molecule has 0 aliphatic carbocycles. The summed E-state index contributed by atoms with van der Waals surface area (Å²) in [4.78, 5) is 42.2. The Labute approximate surface area is 215 Å². The van der Waals surface area contributed by atoms with Gasteiger partial charge in [0.25, 0.3) is 0 Å². The summed E-state index contributed by atoms with van der Waals surface area (Å²) in [6.07, 6.45) is 5.52. The maximum Gasteiger partial charge on any atom is 0.224 e. The SMILES string of the molecule is CCC(=O)Nc1cncc(-c2ccc3[nH]nc(-c4nc5c(-c6ccc(C(C)=O)s6)nccc5[nH]4)c3c2)c1. The summed E-state index contributed by atoms with van der Waals surface area (Å²) < 4.78 is 0. The van der Waals surface area contributed by atoms with Gasteiger partial charge >= 0.3 is 0 Å². The first kappa shape index (κ1) is 22.7. The second-order valence-corrected chi connectivity index (χ2v) is 9.64. The van der Waals surface area contributed by atoms with Crippen molar-refractivity contribution < 1.29 is 9.59 Å². The molecule has 0 atom stereocenters. The number of nitrogens with one attached hydrogen (secondary N) is 3. The Hall–Kier alpha value is -4.70. The molecule has 1 aromatic carbocycles. The van der Waals surface area contributed by atoms with E-state index in [1.165, 1.54) is 11.3 Å². The average molecular weight is 508 g/mol. The Morgan fingerprint density at radius 2 is 1.89 bits per heavy atom. The van der Waals surface area contributed by atoms with Crippen LogP contribution in [0.25, 0.3) is 55.2 Å². The van der Waals surface area contributed by atoms with Gasteiger partial charge in [0, 0.05) is 29.8 Å². The molecule has 9 nitrogen and oxygen atoms in total. The van der Waals surface area contributed by atoms with Gasteiger partial charge < -0.3 is 10.3 Å². The fourth-order valence-electron chi connectivity index (χ4n) is 4.17. The number of anilines is 1. The molecular formula is C27H21N7O2S. The molecule has 182 valence electrons. The molecule has 3 N–H and O–H groups in total. The topological polar surface area (TPSA) is 129 Å². The fraction of sp³-hybridized carbons (Fsp3) is 0.111. The van der Waals surface area contributed by atoms with Crippen molar-refractivity contribution >= 4 is 50.7 Å². The lowest BCUT2D eigenvalue weighted by Crippen LogP contribution is -2.09. The van der Waals surface area contributed by atoms with Crippen LogP contribution >= 0.6 is 11.3 Å². The van der Waals surface area contributed by atoms with Gasteiger partial charge in [0.1, 0.15) is 16.9 Å². The van der Waals surface area contributed by atoms with Gasteiger partial charge in [0.05, 0.1) is 32.7 Å². The molecule has 0 radical (unpaired) electrons. The number of Topliss-reactive ketones (excluding diaryl/α,β-unsaturated/α-hetero) is 1. The lowest BCUT2D eigenvalue weighted by Gasteiger charge is -2.06. The van der Waals surface area contributed by atoms with E-state index in [1.54, 1.807) is 25.5 Å². The minimum Gasteiger partial charge on any atom is -0.336 e. The molecule has 0 saturated heterocycles. The molecule has 6 aromatic rings. The number of ketones is 1. The summed E-state index contributed by atoms with van der Waals surface area (Å²) >= 11 is 1.40. The van der Waals surface area contributed by atoms with Crippen LogP contribution in [0.5, 0.6) is 0 Å². The molecule has 1 amide bonds. The van der Waals surface area contributed by atoms with Crippen LogP contribution in [0.4, 0.5) is 5.69 Å². The summed E-state index contributed by atoms with van der Waals surface area (Å²) in [6, 6.07) is 13.5. The maximum atomic E-state index is 11.8. The normalized spacial score (nSPS) is 11.3. The van der Waals surface area contributed by atoms with Gasteiger partial charge in [-0.05, 0) is 48.9 Å². The van der Waals surface area contributed by atoms with Crippen LogP contribution in [0, 0.1) is 0 Å². The number of aromatic nitrogens is 6. The molecule has 10 heteroatoms. The quantitative estimate of drug-likeness (QED) is 0.243. The van der Waals surface area contributed by atoms with Gasteiger partial charge in [0.15, 0.2) is 11.6 Å². The van der Waals surface area contributed by atoms with E-state index in [0.717, 1.165) is 38.1 Å². The van der Waals surface area contributed by atoms with Crippen LogP contribution in [0.2, 0.25) is 0 Å². The first-order valence-electron chi connectivity index (χ1n) is 11.7. The van der Waals surface area contributed by atoms with E-state index >= 15 is 0 Å². The number of aromatic amines is 2. The summed E-state index contributed by atoms with van der Waals surface area (Å²) in [5.41, 5.74) is 6.26. The standard InChI is InChI=1S/C27H21N7O2S/c1-3-23(36)30-17-10-16(12-28-13-17)15-4-5-19-18(11-15)24(34-33-19)27-31-20-8-9-29-26(25(20)32-27)22-7-6-21(37-22)14(2)35/h4-13H,3H2,1-2H3,(H,30,36)(H,31,32)(H,33,34). The molecular weight excluding hydrogens is 486 g/mol. The second kappa shape index (κ2) is 9.07. The smallest absolute Gasteiger partial charge is 0.224 e. The molecule has 0 saturated carbocycles. The Balaban J connectivity index is 1.42. The van der Waals surface area contributed by atoms with Gasteiger partial charge in [-0.25, -0.2) is 4.98 Å². The Bertz CT molecular complexity index is 1810. The van der Waals surface area contributed by atoms with E-state index in [-0.39, 0.29) is 11.7 Å². The molecule has 0 unspecified atom stereocenters. The molecule has 0 aliphatic rings. The van der Waals surface area contributed by atoms with Crippen LogP contribution in [0.15, 0.2) is 61.1 Å². The van der Waals surface area contributed by atoms with Crippen LogP contribution in [0.1, 0.15) is 29.9 Å². The number of hydrogen-bond acceptors (Lipinski definition) is 7. The van der Waals surface area contributed by atoms with Gasteiger partial charge in [-0.3, -0.25) is 24.7 Å². The zero-order valence-corrected chi connectivity index (χ0v) is 20.8. The maximum absolute atomic E-state index is 11.8. The molecule has 0 aliphatic heterocycles. The first-order chi connectivity index (χ1) is 18.0. The van der Waals surface area contributed by atoms with Crippen molar-refractivity contribution in [1.82, 2.24) is 30.1 Å². The Morgan fingerprint density at radius 1 is 1.00 bits per heavy atom. The monoisotopic (exact) mass is 507 g/mol. The third kappa shape index (κ3) is 4.17. The third-order valence-corrected chi connectivity index (χ3v) is 7.24. The molecule has 0 bridgehead atoms. The highest BCUT2D eigenvalue weighted by atomic mass is 32.1. The van der Waals surface area contributed by atoms with Crippen molar-refractivity contribution in [3.05, 3.63) is 65.9 Å². The molecule has 0 spiro atoms. The van der Waals surface area contributed by atoms with Gasteiger partial charge in [0.2, 0.25) is 5.91 Å². The fourth-order valence-corrected chi connectivity index (χ4v) is 5.07. The van der Waals surface area contributed by atoms with Crippen molar-refractivity contribution in [2.24, 2.45) is 0 Å². The van der Waals surface area contributed by atoms with Gasteiger partial charge in [-0.2, -0.15) is 5.10 Å². The molecule has 37 heavy (non-hydrogen) atoms. The predicted molar refractivity (Wildman–Crippen MR) is 144 cm³/mol.